The fraction of sp³-hybridized carbons (Fsp3) is 0.286. The van der Waals surface area contributed by atoms with E-state index >= 15 is 0 Å². The number of carbonyl (C=O) groups excluding carboxylic acids is 1. The Kier molecular flexibility index (Phi) is 6.46. The molecule has 0 aliphatic heterocycles. The molecule has 1 atom stereocenters. The molecule has 3 aromatic rings. The van der Waals surface area contributed by atoms with Gasteiger partial charge in [-0.1, -0.05) is 43.3 Å². The number of aromatic nitrogens is 2. The molecule has 0 aliphatic rings. The molecule has 0 amide bonds. The van der Waals surface area contributed by atoms with Crippen LogP contribution >= 0.6 is 11.3 Å². The van der Waals surface area contributed by atoms with Crippen LogP contribution in [0.15, 0.2) is 57.4 Å². The van der Waals surface area contributed by atoms with Crippen LogP contribution in [0.2, 0.25) is 0 Å². The Hall–Kier alpha value is -2.97. The van der Waals surface area contributed by atoms with E-state index in [1.807, 2.05) is 54.8 Å². The molecule has 2 aromatic heterocycles. The van der Waals surface area contributed by atoms with Gasteiger partial charge in [0.15, 0.2) is 5.78 Å². The van der Waals surface area contributed by atoms with Gasteiger partial charge in [-0.3, -0.25) is 24.0 Å². The largest absolute Gasteiger partial charge is 0.384 e. The van der Waals surface area contributed by atoms with Crippen molar-refractivity contribution in [2.45, 2.75) is 25.9 Å². The first-order chi connectivity index (χ1) is 14.0. The van der Waals surface area contributed by atoms with E-state index in [4.69, 9.17) is 5.73 Å². The summed E-state index contributed by atoms with van der Waals surface area (Å²) in [5.41, 5.74) is 5.74. The van der Waals surface area contributed by atoms with Crippen molar-refractivity contribution in [3.63, 3.8) is 0 Å². The first-order valence-electron chi connectivity index (χ1n) is 9.40. The van der Waals surface area contributed by atoms with E-state index in [0.29, 0.717) is 13.0 Å². The number of rotatable bonds is 8. The van der Waals surface area contributed by atoms with Crippen LogP contribution in [0.1, 0.15) is 40.2 Å². The molecule has 0 saturated heterocycles. The zero-order valence-electron chi connectivity index (χ0n) is 16.4. The van der Waals surface area contributed by atoms with E-state index < -0.39 is 17.0 Å². The molecule has 3 N–H and O–H groups in total. The van der Waals surface area contributed by atoms with Gasteiger partial charge in [0.2, 0.25) is 0 Å². The van der Waals surface area contributed by atoms with Crippen molar-refractivity contribution < 1.29 is 4.79 Å². The van der Waals surface area contributed by atoms with Gasteiger partial charge < -0.3 is 5.73 Å². The Balaban J connectivity index is 1.92. The van der Waals surface area contributed by atoms with Gasteiger partial charge in [-0.25, -0.2) is 4.79 Å². The molecule has 29 heavy (non-hydrogen) atoms. The summed E-state index contributed by atoms with van der Waals surface area (Å²) in [5, 5.41) is 5.22. The number of nitrogens with two attached hydrogens (primary N) is 1. The highest BCUT2D eigenvalue weighted by atomic mass is 32.1. The third-order valence-electron chi connectivity index (χ3n) is 4.74. The highest BCUT2D eigenvalue weighted by molar-refractivity contribution is 7.10. The van der Waals surface area contributed by atoms with E-state index in [1.54, 1.807) is 11.3 Å². The Morgan fingerprint density at radius 1 is 1.17 bits per heavy atom. The number of anilines is 1. The highest BCUT2D eigenvalue weighted by Gasteiger charge is 2.23. The molecular formula is C21H24N4O3S. The molecule has 2 heterocycles. The minimum Gasteiger partial charge on any atom is -0.384 e. The smallest absolute Gasteiger partial charge is 0.332 e. The lowest BCUT2D eigenvalue weighted by Gasteiger charge is -2.18. The number of thiophene rings is 1. The summed E-state index contributed by atoms with van der Waals surface area (Å²) in [6.45, 7) is 2.15. The second kappa shape index (κ2) is 9.02. The number of hydrogen-bond acceptors (Lipinski definition) is 6. The summed E-state index contributed by atoms with van der Waals surface area (Å²) in [5.74, 6) is -0.510. The van der Waals surface area contributed by atoms with Crippen LogP contribution in [0.5, 0.6) is 0 Å². The van der Waals surface area contributed by atoms with Crippen LogP contribution in [-0.2, 0) is 13.6 Å². The molecule has 152 valence electrons. The van der Waals surface area contributed by atoms with Crippen molar-refractivity contribution >= 4 is 22.9 Å². The Labute approximate surface area is 172 Å². The lowest BCUT2D eigenvalue weighted by Crippen LogP contribution is -2.44. The molecule has 1 aromatic carbocycles. The van der Waals surface area contributed by atoms with Crippen molar-refractivity contribution in [3.05, 3.63) is 84.7 Å². The third kappa shape index (κ3) is 4.23. The SMILES string of the molecule is CCCn1c(N)c(C(=O)CN[C@H](c2ccccc2)c2cccs2)c(=O)n(C)c1=O. The maximum atomic E-state index is 12.9. The fourth-order valence-electron chi connectivity index (χ4n) is 3.25. The van der Waals surface area contributed by atoms with Gasteiger partial charge in [-0.15, -0.1) is 11.3 Å². The Morgan fingerprint density at radius 3 is 2.52 bits per heavy atom. The summed E-state index contributed by atoms with van der Waals surface area (Å²) >= 11 is 1.58. The molecule has 0 unspecified atom stereocenters. The topological polar surface area (TPSA) is 99.1 Å². The van der Waals surface area contributed by atoms with E-state index in [9.17, 15) is 14.4 Å². The van der Waals surface area contributed by atoms with Gasteiger partial charge in [0.05, 0.1) is 12.6 Å². The van der Waals surface area contributed by atoms with Gasteiger partial charge in [-0.2, -0.15) is 0 Å². The number of benzene rings is 1. The molecule has 7 nitrogen and oxygen atoms in total. The van der Waals surface area contributed by atoms with Gasteiger partial charge in [0.1, 0.15) is 11.4 Å². The predicted molar refractivity (Wildman–Crippen MR) is 116 cm³/mol. The molecule has 0 spiro atoms. The van der Waals surface area contributed by atoms with Crippen LogP contribution in [0, 0.1) is 0 Å². The summed E-state index contributed by atoms with van der Waals surface area (Å²) in [6.07, 6.45) is 0.655. The van der Waals surface area contributed by atoms with Gasteiger partial charge in [-0.05, 0) is 23.4 Å². The summed E-state index contributed by atoms with van der Waals surface area (Å²) in [4.78, 5) is 38.9. The fourth-order valence-corrected chi connectivity index (χ4v) is 4.08. The molecular weight excluding hydrogens is 388 g/mol. The summed E-state index contributed by atoms with van der Waals surface area (Å²) in [7, 11) is 1.36. The standard InChI is InChI=1S/C21H24N4O3S/c1-3-11-25-19(22)17(20(27)24(2)21(25)28)15(26)13-23-18(16-10-7-12-29-16)14-8-5-4-6-9-14/h4-10,12,18,23H,3,11,13,22H2,1-2H3/t18-/m1/s1. The number of nitrogens with zero attached hydrogens (tertiary/aromatic N) is 2. The summed E-state index contributed by atoms with van der Waals surface area (Å²) < 4.78 is 2.22. The van der Waals surface area contributed by atoms with Gasteiger partial charge in [0, 0.05) is 18.5 Å². The minimum absolute atomic E-state index is 0.0702. The predicted octanol–water partition coefficient (Wildman–Crippen LogP) is 2.16. The zero-order chi connectivity index (χ0) is 21.0. The molecule has 3 rings (SSSR count). The molecule has 0 saturated carbocycles. The second-order valence-electron chi connectivity index (χ2n) is 6.72. The van der Waals surface area contributed by atoms with E-state index in [-0.39, 0.29) is 24.0 Å². The number of hydrogen-bond donors (Lipinski definition) is 2. The number of nitrogen functional groups attached to an aromatic ring is 1. The van der Waals surface area contributed by atoms with Crippen LogP contribution < -0.4 is 22.3 Å². The molecule has 0 radical (unpaired) electrons. The maximum absolute atomic E-state index is 12.9. The average Bonchev–Trinajstić information content (AvgIpc) is 3.25. The lowest BCUT2D eigenvalue weighted by atomic mass is 10.0. The van der Waals surface area contributed by atoms with E-state index in [2.05, 4.69) is 5.32 Å². The highest BCUT2D eigenvalue weighted by Crippen LogP contribution is 2.25. The van der Waals surface area contributed by atoms with Crippen molar-refractivity contribution in [1.29, 1.82) is 0 Å². The number of ketones is 1. The van der Waals surface area contributed by atoms with Crippen molar-refractivity contribution in [2.24, 2.45) is 7.05 Å². The van der Waals surface area contributed by atoms with Gasteiger partial charge in [0.25, 0.3) is 5.56 Å². The third-order valence-corrected chi connectivity index (χ3v) is 5.67. The lowest BCUT2D eigenvalue weighted by molar-refractivity contribution is 0.0987. The van der Waals surface area contributed by atoms with Crippen molar-refractivity contribution in [3.8, 4) is 0 Å². The number of carbonyl (C=O) groups is 1. The van der Waals surface area contributed by atoms with Crippen LogP contribution in [0.25, 0.3) is 0 Å². The second-order valence-corrected chi connectivity index (χ2v) is 7.70. The zero-order valence-corrected chi connectivity index (χ0v) is 17.2. The van der Waals surface area contributed by atoms with Crippen LogP contribution in [-0.4, -0.2) is 21.5 Å². The molecule has 0 bridgehead atoms. The first kappa shape index (κ1) is 20.8. The number of nitrogens with one attached hydrogen (secondary N) is 1. The normalized spacial score (nSPS) is 12.1. The number of Topliss-reactive ketones (excluding diaryl/α,β-unsaturated/α-hetero) is 1. The molecule has 0 fully saturated rings. The monoisotopic (exact) mass is 412 g/mol. The van der Waals surface area contributed by atoms with Crippen LogP contribution in [0.4, 0.5) is 5.82 Å². The first-order valence-corrected chi connectivity index (χ1v) is 10.3. The quantitative estimate of drug-likeness (QED) is 0.553. The van der Waals surface area contributed by atoms with Gasteiger partial charge >= 0.3 is 5.69 Å². The molecule has 0 aliphatic carbocycles. The average molecular weight is 413 g/mol. The van der Waals surface area contributed by atoms with E-state index in [0.717, 1.165) is 15.0 Å². The molecule has 8 heteroatoms. The van der Waals surface area contributed by atoms with Crippen molar-refractivity contribution in [2.75, 3.05) is 12.3 Å². The van der Waals surface area contributed by atoms with E-state index in [1.165, 1.54) is 11.6 Å². The van der Waals surface area contributed by atoms with Crippen molar-refractivity contribution in [1.82, 2.24) is 14.5 Å². The van der Waals surface area contributed by atoms with Crippen LogP contribution in [0.3, 0.4) is 0 Å². The Morgan fingerprint density at radius 2 is 1.90 bits per heavy atom. The maximum Gasteiger partial charge on any atom is 0.332 e. The minimum atomic E-state index is -0.668. The summed E-state index contributed by atoms with van der Waals surface area (Å²) in [6, 6.07) is 13.5. The Bertz CT molecular complexity index is 1100.